The van der Waals surface area contributed by atoms with Crippen molar-refractivity contribution in [2.24, 2.45) is 0 Å². The number of nitrogens with one attached hydrogen (secondary N) is 1. The predicted molar refractivity (Wildman–Crippen MR) is 121 cm³/mol. The van der Waals surface area contributed by atoms with E-state index in [-0.39, 0.29) is 23.6 Å². The van der Waals surface area contributed by atoms with E-state index in [9.17, 15) is 23.9 Å². The number of hydrogen-bond acceptors (Lipinski definition) is 4. The molecule has 0 aliphatic carbocycles. The molecule has 3 rings (SSSR count). The van der Waals surface area contributed by atoms with Crippen LogP contribution in [0.1, 0.15) is 35.5 Å². The maximum absolute atomic E-state index is 14.5. The maximum Gasteiger partial charge on any atom is 0.328 e. The van der Waals surface area contributed by atoms with Crippen LogP contribution >= 0.6 is 15.9 Å². The van der Waals surface area contributed by atoms with Crippen LogP contribution in [0, 0.1) is 12.7 Å². The highest BCUT2D eigenvalue weighted by atomic mass is 79.9. The number of aromatic nitrogens is 1. The molecule has 0 unspecified atom stereocenters. The third-order valence-corrected chi connectivity index (χ3v) is 5.76. The van der Waals surface area contributed by atoms with Gasteiger partial charge in [-0.15, -0.1) is 0 Å². The Morgan fingerprint density at radius 2 is 1.81 bits per heavy atom. The van der Waals surface area contributed by atoms with Crippen LogP contribution < -0.4 is 10.1 Å². The third-order valence-electron chi connectivity index (χ3n) is 5.23. The summed E-state index contributed by atoms with van der Waals surface area (Å²) in [6.45, 7) is 4.41. The fraction of sp³-hybridized carbons (Fsp3) is 0.261. The van der Waals surface area contributed by atoms with Gasteiger partial charge in [-0.2, -0.15) is 0 Å². The zero-order chi connectivity index (χ0) is 23.8. The van der Waals surface area contributed by atoms with Gasteiger partial charge in [0.1, 0.15) is 5.54 Å². The van der Waals surface area contributed by atoms with E-state index in [2.05, 4.69) is 21.2 Å². The minimum Gasteiger partial charge on any atom is -0.494 e. The number of aliphatic carboxylic acids is 1. The molecule has 0 aliphatic rings. The van der Waals surface area contributed by atoms with Crippen molar-refractivity contribution in [2.45, 2.75) is 32.7 Å². The molecule has 9 heteroatoms. The Morgan fingerprint density at radius 1 is 1.19 bits per heavy atom. The smallest absolute Gasteiger partial charge is 0.328 e. The Balaban J connectivity index is 2.15. The van der Waals surface area contributed by atoms with Crippen LogP contribution in [-0.2, 0) is 16.0 Å². The molecule has 7 nitrogen and oxygen atoms in total. The zero-order valence-electron chi connectivity index (χ0n) is 18.0. The highest BCUT2D eigenvalue weighted by Gasteiger charge is 2.30. The summed E-state index contributed by atoms with van der Waals surface area (Å²) in [4.78, 5) is 37.3. The van der Waals surface area contributed by atoms with Crippen LogP contribution in [0.2, 0.25) is 0 Å². The molecule has 0 saturated carbocycles. The minimum absolute atomic E-state index is 0.0294. The van der Waals surface area contributed by atoms with E-state index in [1.54, 1.807) is 31.2 Å². The van der Waals surface area contributed by atoms with Gasteiger partial charge >= 0.3 is 5.97 Å². The van der Waals surface area contributed by atoms with Crippen LogP contribution in [0.25, 0.3) is 10.9 Å². The van der Waals surface area contributed by atoms with E-state index in [4.69, 9.17) is 4.74 Å². The van der Waals surface area contributed by atoms with Gasteiger partial charge in [0.2, 0.25) is 5.91 Å². The van der Waals surface area contributed by atoms with Crippen LogP contribution in [-0.4, -0.2) is 40.1 Å². The SMILES string of the molecule is COc1cc2c(CC(=O)NC(C)(C)C(=O)O)c(C)n(C(=O)c3ccc(Br)cc3)c2cc1F. The van der Waals surface area contributed by atoms with Crippen molar-refractivity contribution in [3.05, 3.63) is 63.5 Å². The number of methoxy groups -OCH3 is 1. The Kier molecular flexibility index (Phi) is 6.41. The highest BCUT2D eigenvalue weighted by molar-refractivity contribution is 9.10. The molecule has 1 aromatic heterocycles. The summed E-state index contributed by atoms with van der Waals surface area (Å²) < 4.78 is 21.8. The van der Waals surface area contributed by atoms with Gasteiger partial charge in [-0.3, -0.25) is 14.2 Å². The lowest BCUT2D eigenvalue weighted by Gasteiger charge is -2.21. The van der Waals surface area contributed by atoms with E-state index >= 15 is 0 Å². The second-order valence-corrected chi connectivity index (χ2v) is 8.79. The van der Waals surface area contributed by atoms with Crippen molar-refractivity contribution in [1.29, 1.82) is 0 Å². The van der Waals surface area contributed by atoms with Crippen molar-refractivity contribution < 1.29 is 28.6 Å². The van der Waals surface area contributed by atoms with Crippen LogP contribution in [0.4, 0.5) is 4.39 Å². The molecule has 1 heterocycles. The minimum atomic E-state index is -1.47. The summed E-state index contributed by atoms with van der Waals surface area (Å²) in [5, 5.41) is 12.2. The molecule has 168 valence electrons. The van der Waals surface area contributed by atoms with Gasteiger partial charge in [0, 0.05) is 27.2 Å². The van der Waals surface area contributed by atoms with Crippen LogP contribution in [0.3, 0.4) is 0 Å². The second kappa shape index (κ2) is 8.74. The topological polar surface area (TPSA) is 97.6 Å². The molecule has 0 radical (unpaired) electrons. The first-order valence-corrected chi connectivity index (χ1v) is 10.5. The number of rotatable bonds is 6. The first-order chi connectivity index (χ1) is 15.0. The predicted octanol–water partition coefficient (Wildman–Crippen LogP) is 4.07. The quantitative estimate of drug-likeness (QED) is 0.527. The molecular formula is C23H22BrFN2O5. The largest absolute Gasteiger partial charge is 0.494 e. The van der Waals surface area contributed by atoms with Crippen LogP contribution in [0.5, 0.6) is 5.75 Å². The number of carboxylic acid groups (broad SMARTS) is 1. The van der Waals surface area contributed by atoms with Gasteiger partial charge in [-0.1, -0.05) is 15.9 Å². The first kappa shape index (κ1) is 23.5. The Labute approximate surface area is 192 Å². The molecule has 2 N–H and O–H groups in total. The molecule has 0 bridgehead atoms. The average molecular weight is 505 g/mol. The van der Waals surface area contributed by atoms with E-state index in [0.29, 0.717) is 22.2 Å². The van der Waals surface area contributed by atoms with Gasteiger partial charge in [0.05, 0.1) is 19.0 Å². The monoisotopic (exact) mass is 504 g/mol. The summed E-state index contributed by atoms with van der Waals surface area (Å²) in [7, 11) is 1.32. The van der Waals surface area contributed by atoms with Crippen molar-refractivity contribution in [1.82, 2.24) is 9.88 Å². The number of carboxylic acids is 1. The van der Waals surface area contributed by atoms with E-state index in [0.717, 1.165) is 4.47 Å². The summed E-state index contributed by atoms with van der Waals surface area (Å²) >= 11 is 3.33. The molecule has 1 amide bonds. The van der Waals surface area contributed by atoms with Gasteiger partial charge < -0.3 is 15.2 Å². The molecule has 3 aromatic rings. The van der Waals surface area contributed by atoms with E-state index in [1.807, 2.05) is 0 Å². The highest BCUT2D eigenvalue weighted by Crippen LogP contribution is 2.32. The van der Waals surface area contributed by atoms with Gasteiger partial charge in [0.25, 0.3) is 5.91 Å². The standard InChI is InChI=1S/C23H22BrFN2O5/c1-12-15(10-20(28)26-23(2,3)22(30)31)16-9-19(32-4)17(25)11-18(16)27(12)21(29)13-5-7-14(24)8-6-13/h5-9,11H,10H2,1-4H3,(H,26,28)(H,30,31). The normalized spacial score (nSPS) is 11.4. The number of halogens is 2. The fourth-order valence-electron chi connectivity index (χ4n) is 3.45. The summed E-state index contributed by atoms with van der Waals surface area (Å²) in [5.74, 6) is -2.79. The van der Waals surface area contributed by atoms with Gasteiger partial charge in [-0.05, 0) is 56.7 Å². The Morgan fingerprint density at radius 3 is 2.38 bits per heavy atom. The molecule has 0 fully saturated rings. The van der Waals surface area contributed by atoms with Crippen LogP contribution in [0.15, 0.2) is 40.9 Å². The number of fused-ring (bicyclic) bond motifs is 1. The first-order valence-electron chi connectivity index (χ1n) is 9.68. The number of carbonyl (C=O) groups is 3. The molecule has 0 atom stereocenters. The molecule has 0 spiro atoms. The lowest BCUT2D eigenvalue weighted by molar-refractivity contribution is -0.145. The Hall–Kier alpha value is -3.20. The number of ether oxygens (including phenoxy) is 1. The number of hydrogen-bond donors (Lipinski definition) is 2. The maximum atomic E-state index is 14.5. The van der Waals surface area contributed by atoms with Crippen molar-refractivity contribution in [3.8, 4) is 5.75 Å². The van der Waals surface area contributed by atoms with Gasteiger partial charge in [0.15, 0.2) is 11.6 Å². The van der Waals surface area contributed by atoms with Crippen molar-refractivity contribution >= 4 is 44.6 Å². The summed E-state index contributed by atoms with van der Waals surface area (Å²) in [6.07, 6.45) is -0.200. The van der Waals surface area contributed by atoms with E-state index in [1.165, 1.54) is 37.7 Å². The fourth-order valence-corrected chi connectivity index (χ4v) is 3.71. The third kappa shape index (κ3) is 4.38. The van der Waals surface area contributed by atoms with Crippen molar-refractivity contribution in [3.63, 3.8) is 0 Å². The summed E-state index contributed by atoms with van der Waals surface area (Å²) in [5.41, 5.74) is 0.119. The lowest BCUT2D eigenvalue weighted by Crippen LogP contribution is -2.50. The van der Waals surface area contributed by atoms with Crippen molar-refractivity contribution in [2.75, 3.05) is 7.11 Å². The van der Waals surface area contributed by atoms with Gasteiger partial charge in [-0.25, -0.2) is 9.18 Å². The average Bonchev–Trinajstić information content (AvgIpc) is 2.97. The molecule has 0 saturated heterocycles. The molecule has 2 aromatic carbocycles. The summed E-state index contributed by atoms with van der Waals surface area (Å²) in [6, 6.07) is 9.35. The molecule has 0 aliphatic heterocycles. The molecular weight excluding hydrogens is 483 g/mol. The Bertz CT molecular complexity index is 1230. The lowest BCUT2D eigenvalue weighted by atomic mass is 10.0. The number of nitrogens with zero attached hydrogens (tertiary/aromatic N) is 1. The molecule has 32 heavy (non-hydrogen) atoms. The second-order valence-electron chi connectivity index (χ2n) is 7.87. The number of carbonyl (C=O) groups excluding carboxylic acids is 2. The van der Waals surface area contributed by atoms with E-state index < -0.39 is 23.2 Å². The zero-order valence-corrected chi connectivity index (χ0v) is 19.5. The number of benzene rings is 2. The number of amides is 1.